The number of fused-ring (bicyclic) bond motifs is 4. The second-order valence-electron chi connectivity index (χ2n) is 10.7. The van der Waals surface area contributed by atoms with Crippen molar-refractivity contribution < 1.29 is 9.53 Å². The van der Waals surface area contributed by atoms with Crippen LogP contribution in [0.3, 0.4) is 0 Å². The molecule has 0 N–H and O–H groups in total. The minimum atomic E-state index is -0.141. The summed E-state index contributed by atoms with van der Waals surface area (Å²) < 4.78 is 6.16. The molecule has 0 heterocycles. The van der Waals surface area contributed by atoms with Gasteiger partial charge in [0, 0.05) is 16.4 Å². The molecule has 0 spiro atoms. The summed E-state index contributed by atoms with van der Waals surface area (Å²) in [6.07, 6.45) is 6.74. The largest absolute Gasteiger partial charge is 0.458 e. The highest BCUT2D eigenvalue weighted by molar-refractivity contribution is 5.90. The lowest BCUT2D eigenvalue weighted by Crippen LogP contribution is -2.42. The average molecular weight is 343 g/mol. The minimum absolute atomic E-state index is 0.0480. The Morgan fingerprint density at radius 1 is 1.12 bits per heavy atom. The van der Waals surface area contributed by atoms with E-state index in [0.717, 1.165) is 25.7 Å². The van der Waals surface area contributed by atoms with E-state index in [9.17, 15) is 4.79 Å². The lowest BCUT2D eigenvalue weighted by molar-refractivity contribution is -0.154. The Hall–Kier alpha value is -1.05. The molecule has 0 aliphatic heterocycles. The fraction of sp³-hybridized carbons (Fsp3) is 0.783. The Kier molecular flexibility index (Phi) is 3.34. The topological polar surface area (TPSA) is 26.3 Å². The van der Waals surface area contributed by atoms with Crippen LogP contribution in [0.1, 0.15) is 73.1 Å². The lowest BCUT2D eigenvalue weighted by Gasteiger charge is -2.44. The van der Waals surface area contributed by atoms with Gasteiger partial charge in [0.1, 0.15) is 6.10 Å². The lowest BCUT2D eigenvalue weighted by atomic mass is 9.60. The van der Waals surface area contributed by atoms with Gasteiger partial charge < -0.3 is 4.74 Å². The van der Waals surface area contributed by atoms with Crippen LogP contribution in [0.4, 0.5) is 0 Å². The maximum atomic E-state index is 13.1. The summed E-state index contributed by atoms with van der Waals surface area (Å²) in [5.41, 5.74) is 2.20. The molecule has 0 aromatic heterocycles. The number of hydrogen-bond donors (Lipinski definition) is 0. The third-order valence-electron chi connectivity index (χ3n) is 9.79. The maximum absolute atomic E-state index is 13.1. The molecule has 138 valence electrons. The fourth-order valence-corrected chi connectivity index (χ4v) is 7.08. The summed E-state index contributed by atoms with van der Waals surface area (Å²) in [6, 6.07) is 0. The van der Waals surface area contributed by atoms with Gasteiger partial charge in [0.25, 0.3) is 0 Å². The van der Waals surface area contributed by atoms with E-state index in [0.29, 0.717) is 17.4 Å². The van der Waals surface area contributed by atoms with Gasteiger partial charge in [-0.3, -0.25) is 0 Å². The van der Waals surface area contributed by atoms with E-state index in [-0.39, 0.29) is 33.7 Å². The van der Waals surface area contributed by atoms with Gasteiger partial charge in [-0.15, -0.1) is 0 Å². The first-order valence-corrected chi connectivity index (χ1v) is 10.1. The predicted octanol–water partition coefficient (Wildman–Crippen LogP) is 5.68. The second kappa shape index (κ2) is 4.81. The molecule has 0 amide bonds. The van der Waals surface area contributed by atoms with Crippen molar-refractivity contribution in [2.75, 3.05) is 0 Å². The molecule has 4 fully saturated rings. The summed E-state index contributed by atoms with van der Waals surface area (Å²) in [5.74, 6) is 1.09. The number of carbonyl (C=O) groups is 1. The summed E-state index contributed by atoms with van der Waals surface area (Å²) in [4.78, 5) is 13.1. The van der Waals surface area contributed by atoms with Gasteiger partial charge in [-0.25, -0.2) is 4.79 Å². The van der Waals surface area contributed by atoms with Gasteiger partial charge in [0.05, 0.1) is 0 Å². The zero-order valence-electron chi connectivity index (χ0n) is 16.7. The average Bonchev–Trinajstić information content (AvgIpc) is 3.18. The summed E-state index contributed by atoms with van der Waals surface area (Å²) in [5, 5.41) is 0. The third-order valence-corrected chi connectivity index (χ3v) is 9.79. The van der Waals surface area contributed by atoms with Gasteiger partial charge in [0.15, 0.2) is 0 Å². The molecule has 4 saturated carbocycles. The van der Waals surface area contributed by atoms with Crippen LogP contribution in [0.25, 0.3) is 0 Å². The first-order chi connectivity index (χ1) is 11.5. The van der Waals surface area contributed by atoms with Crippen LogP contribution in [-0.2, 0) is 9.53 Å². The summed E-state index contributed by atoms with van der Waals surface area (Å²) in [7, 11) is 0. The van der Waals surface area contributed by atoms with Crippen LogP contribution >= 0.6 is 0 Å². The van der Waals surface area contributed by atoms with Crippen molar-refractivity contribution in [3.05, 3.63) is 24.3 Å². The third kappa shape index (κ3) is 1.84. The van der Waals surface area contributed by atoms with E-state index >= 15 is 0 Å². The molecule has 4 aliphatic carbocycles. The Balaban J connectivity index is 1.55. The van der Waals surface area contributed by atoms with E-state index in [1.165, 1.54) is 18.4 Å². The summed E-state index contributed by atoms with van der Waals surface area (Å²) >= 11 is 0. The van der Waals surface area contributed by atoms with Crippen molar-refractivity contribution in [1.29, 1.82) is 0 Å². The zero-order valence-corrected chi connectivity index (χ0v) is 16.7. The Labute approximate surface area is 153 Å². The molecule has 0 aromatic rings. The highest BCUT2D eigenvalue weighted by Crippen LogP contribution is 2.70. The van der Waals surface area contributed by atoms with Gasteiger partial charge in [-0.2, -0.15) is 0 Å². The quantitative estimate of drug-likeness (QED) is 0.374. The van der Waals surface area contributed by atoms with Crippen LogP contribution in [0.15, 0.2) is 24.3 Å². The van der Waals surface area contributed by atoms with E-state index in [1.54, 1.807) is 0 Å². The minimum Gasteiger partial charge on any atom is -0.458 e. The molecule has 2 heteroatoms. The number of carbonyl (C=O) groups excluding carboxylic acids is 1. The van der Waals surface area contributed by atoms with Gasteiger partial charge in [-0.1, -0.05) is 53.3 Å². The number of ether oxygens (including phenoxy) is 1. The van der Waals surface area contributed by atoms with Crippen LogP contribution in [0.2, 0.25) is 0 Å². The number of hydrogen-bond acceptors (Lipinski definition) is 2. The van der Waals surface area contributed by atoms with Crippen LogP contribution in [0.5, 0.6) is 0 Å². The molecule has 0 saturated heterocycles. The molecular weight excluding hydrogens is 308 g/mol. The molecule has 25 heavy (non-hydrogen) atoms. The molecule has 4 rings (SSSR count). The van der Waals surface area contributed by atoms with Crippen molar-refractivity contribution in [2.45, 2.75) is 79.2 Å². The molecule has 5 atom stereocenters. The molecule has 4 aliphatic rings. The first-order valence-electron chi connectivity index (χ1n) is 10.1. The van der Waals surface area contributed by atoms with Crippen LogP contribution in [-0.4, -0.2) is 12.1 Å². The molecule has 5 unspecified atom stereocenters. The zero-order chi connectivity index (χ0) is 18.4. The number of rotatable bonds is 3. The van der Waals surface area contributed by atoms with Crippen LogP contribution < -0.4 is 0 Å². The van der Waals surface area contributed by atoms with E-state index in [2.05, 4.69) is 47.8 Å². The van der Waals surface area contributed by atoms with Crippen molar-refractivity contribution in [3.8, 4) is 0 Å². The molecule has 0 aromatic carbocycles. The molecule has 4 bridgehead atoms. The highest BCUT2D eigenvalue weighted by Gasteiger charge is 2.64. The normalized spacial score (nSPS) is 45.8. The van der Waals surface area contributed by atoms with Crippen molar-refractivity contribution in [3.63, 3.8) is 0 Å². The smallest absolute Gasteiger partial charge is 0.334 e. The summed E-state index contributed by atoms with van der Waals surface area (Å²) in [6.45, 7) is 20.2. The van der Waals surface area contributed by atoms with Crippen molar-refractivity contribution >= 4 is 5.97 Å². The van der Waals surface area contributed by atoms with Crippen molar-refractivity contribution in [2.24, 2.45) is 33.5 Å². The van der Waals surface area contributed by atoms with E-state index in [1.807, 2.05) is 0 Å². The fourth-order valence-electron chi connectivity index (χ4n) is 7.08. The number of allylic oxidation sites excluding steroid dienone is 1. The van der Waals surface area contributed by atoms with Gasteiger partial charge in [0.2, 0.25) is 0 Å². The van der Waals surface area contributed by atoms with Crippen LogP contribution in [0, 0.1) is 33.5 Å². The Morgan fingerprint density at radius 3 is 2.28 bits per heavy atom. The Bertz CT molecular complexity index is 670. The predicted molar refractivity (Wildman–Crippen MR) is 101 cm³/mol. The van der Waals surface area contributed by atoms with E-state index < -0.39 is 0 Å². The van der Waals surface area contributed by atoms with Gasteiger partial charge in [-0.05, 0) is 61.2 Å². The maximum Gasteiger partial charge on any atom is 0.334 e. The van der Waals surface area contributed by atoms with Crippen molar-refractivity contribution in [1.82, 2.24) is 0 Å². The SMILES string of the molecule is C=C1C2CCC(C(=C)C(=O)OC3CC4CCC3(C)C4(C)C)(C2)C1(C)C. The number of esters is 1. The second-order valence-corrected chi connectivity index (χ2v) is 10.7. The molecular formula is C23H34O2. The standard InChI is InChI=1S/C23H34O2/c1-14-16-8-11-23(13-16,20(14,3)4)15(2)19(24)25-18-12-17-9-10-22(18,7)21(17,5)6/h16-18H,1-2,8-13H2,3-7H3. The van der Waals surface area contributed by atoms with Gasteiger partial charge >= 0.3 is 5.97 Å². The van der Waals surface area contributed by atoms with E-state index in [4.69, 9.17) is 4.74 Å². The molecule has 0 radical (unpaired) electrons. The monoisotopic (exact) mass is 342 g/mol. The Morgan fingerprint density at radius 2 is 1.80 bits per heavy atom. The highest BCUT2D eigenvalue weighted by atomic mass is 16.5. The molecule has 2 nitrogen and oxygen atoms in total. The first kappa shape index (κ1) is 17.4.